The number of piperazine rings is 1. The molecule has 0 saturated carbocycles. The fraction of sp³-hybridized carbons (Fsp3) is 0.611. The van der Waals surface area contributed by atoms with Gasteiger partial charge in [-0.2, -0.15) is 4.31 Å². The van der Waals surface area contributed by atoms with Crippen molar-refractivity contribution in [3.05, 3.63) is 24.3 Å². The summed E-state index contributed by atoms with van der Waals surface area (Å²) >= 11 is 1.62. The highest BCUT2D eigenvalue weighted by Crippen LogP contribution is 2.22. The van der Waals surface area contributed by atoms with Gasteiger partial charge in [0.15, 0.2) is 0 Å². The molecule has 1 atom stereocenters. The lowest BCUT2D eigenvalue weighted by Gasteiger charge is -2.31. The largest absolute Gasteiger partial charge is 0.325 e. The molecule has 0 bridgehead atoms. The van der Waals surface area contributed by atoms with Crippen LogP contribution in [0.4, 0.5) is 5.69 Å². The van der Waals surface area contributed by atoms with E-state index in [1.54, 1.807) is 36.0 Å². The first-order chi connectivity index (χ1) is 12.3. The summed E-state index contributed by atoms with van der Waals surface area (Å²) in [6.45, 7) is 6.42. The number of rotatable bonds is 8. The van der Waals surface area contributed by atoms with Gasteiger partial charge in [-0.1, -0.05) is 19.4 Å². The minimum Gasteiger partial charge on any atom is -0.325 e. The van der Waals surface area contributed by atoms with E-state index in [0.29, 0.717) is 18.8 Å². The molecular weight excluding hydrogens is 370 g/mol. The maximum absolute atomic E-state index is 12.8. The second-order valence-corrected chi connectivity index (χ2v) is 9.98. The summed E-state index contributed by atoms with van der Waals surface area (Å²) < 4.78 is 27.2. The summed E-state index contributed by atoms with van der Waals surface area (Å²) in [5.41, 5.74) is 0.521. The normalized spacial score (nSPS) is 17.8. The van der Waals surface area contributed by atoms with Crippen molar-refractivity contribution in [3.63, 3.8) is 0 Å². The number of hydrogen-bond donors (Lipinski definition) is 1. The number of unbranched alkanes of at least 4 members (excludes halogenated alkanes) is 1. The fourth-order valence-electron chi connectivity index (χ4n) is 2.64. The van der Waals surface area contributed by atoms with Crippen molar-refractivity contribution in [1.82, 2.24) is 9.21 Å². The first-order valence-corrected chi connectivity index (χ1v) is 11.5. The average molecular weight is 400 g/mol. The number of nitrogens with zero attached hydrogens (tertiary/aromatic N) is 2. The molecule has 1 fully saturated rings. The van der Waals surface area contributed by atoms with E-state index >= 15 is 0 Å². The smallest absolute Gasteiger partial charge is 0.243 e. The molecule has 0 aliphatic carbocycles. The maximum Gasteiger partial charge on any atom is 0.243 e. The van der Waals surface area contributed by atoms with Gasteiger partial charge in [0, 0.05) is 31.9 Å². The van der Waals surface area contributed by atoms with Gasteiger partial charge in [-0.3, -0.25) is 4.79 Å². The minimum atomic E-state index is -3.53. The number of hydrogen-bond acceptors (Lipinski definition) is 5. The summed E-state index contributed by atoms with van der Waals surface area (Å²) in [6, 6.07) is 6.54. The molecule has 1 heterocycles. The number of thioether (sulfide) groups is 1. The number of carbonyl (C=O) groups is 1. The molecule has 1 N–H and O–H groups in total. The van der Waals surface area contributed by atoms with Crippen LogP contribution in [0.15, 0.2) is 29.2 Å². The van der Waals surface area contributed by atoms with Crippen LogP contribution < -0.4 is 5.32 Å². The Morgan fingerprint density at radius 1 is 1.27 bits per heavy atom. The topological polar surface area (TPSA) is 69.7 Å². The zero-order chi connectivity index (χ0) is 19.2. The van der Waals surface area contributed by atoms with E-state index in [1.807, 2.05) is 14.0 Å². The summed E-state index contributed by atoms with van der Waals surface area (Å²) in [6.07, 6.45) is 2.19. The van der Waals surface area contributed by atoms with E-state index in [4.69, 9.17) is 0 Å². The lowest BCUT2D eigenvalue weighted by Crippen LogP contribution is -2.47. The number of benzene rings is 1. The summed E-state index contributed by atoms with van der Waals surface area (Å²) in [7, 11) is -1.55. The first kappa shape index (κ1) is 21.2. The molecule has 26 heavy (non-hydrogen) atoms. The molecule has 1 saturated heterocycles. The van der Waals surface area contributed by atoms with Crippen LogP contribution in [0.3, 0.4) is 0 Å². The number of amides is 1. The van der Waals surface area contributed by atoms with E-state index in [1.165, 1.54) is 4.31 Å². The average Bonchev–Trinajstić information content (AvgIpc) is 2.62. The molecule has 2 rings (SSSR count). The monoisotopic (exact) mass is 399 g/mol. The highest BCUT2D eigenvalue weighted by Gasteiger charge is 2.27. The summed E-state index contributed by atoms with van der Waals surface area (Å²) in [4.78, 5) is 14.6. The molecule has 146 valence electrons. The Hall–Kier alpha value is -1.09. The van der Waals surface area contributed by atoms with Gasteiger partial charge in [-0.15, -0.1) is 11.8 Å². The molecule has 8 heteroatoms. The van der Waals surface area contributed by atoms with Gasteiger partial charge in [0.2, 0.25) is 15.9 Å². The molecule has 1 aliphatic rings. The van der Waals surface area contributed by atoms with Crippen molar-refractivity contribution in [1.29, 1.82) is 0 Å². The SMILES string of the molecule is CCCCSC(C)C(=O)Nc1cccc(S(=O)(=O)N2CCN(C)CC2)c1. The van der Waals surface area contributed by atoms with Crippen LogP contribution in [-0.2, 0) is 14.8 Å². The Morgan fingerprint density at radius 3 is 2.62 bits per heavy atom. The predicted molar refractivity (Wildman–Crippen MR) is 108 cm³/mol. The lowest BCUT2D eigenvalue weighted by atomic mass is 10.3. The second-order valence-electron chi connectivity index (χ2n) is 6.59. The first-order valence-electron chi connectivity index (χ1n) is 9.06. The van der Waals surface area contributed by atoms with Crippen molar-refractivity contribution in [2.45, 2.75) is 36.8 Å². The van der Waals surface area contributed by atoms with Gasteiger partial charge in [0.25, 0.3) is 0 Å². The van der Waals surface area contributed by atoms with Crippen LogP contribution in [0.5, 0.6) is 0 Å². The second kappa shape index (κ2) is 9.73. The van der Waals surface area contributed by atoms with E-state index in [0.717, 1.165) is 31.7 Å². The third-order valence-corrected chi connectivity index (χ3v) is 7.57. The highest BCUT2D eigenvalue weighted by molar-refractivity contribution is 8.00. The van der Waals surface area contributed by atoms with Gasteiger partial charge in [0.1, 0.15) is 0 Å². The van der Waals surface area contributed by atoms with E-state index in [-0.39, 0.29) is 16.1 Å². The van der Waals surface area contributed by atoms with Crippen LogP contribution in [0.2, 0.25) is 0 Å². The Kier molecular flexibility index (Phi) is 7.94. The molecule has 1 aliphatic heterocycles. The third kappa shape index (κ3) is 5.70. The van der Waals surface area contributed by atoms with Gasteiger partial charge < -0.3 is 10.2 Å². The molecule has 0 radical (unpaired) electrons. The maximum atomic E-state index is 12.8. The molecule has 1 amide bonds. The van der Waals surface area contributed by atoms with Gasteiger partial charge in [-0.05, 0) is 44.3 Å². The van der Waals surface area contributed by atoms with E-state index in [2.05, 4.69) is 17.1 Å². The Bertz CT molecular complexity index is 701. The Labute approximate surface area is 161 Å². The van der Waals surface area contributed by atoms with Crippen molar-refractivity contribution in [2.24, 2.45) is 0 Å². The molecule has 1 aromatic carbocycles. The van der Waals surface area contributed by atoms with E-state index < -0.39 is 10.0 Å². The Balaban J connectivity index is 2.04. The van der Waals surface area contributed by atoms with Gasteiger partial charge >= 0.3 is 0 Å². The van der Waals surface area contributed by atoms with Crippen molar-refractivity contribution in [2.75, 3.05) is 44.3 Å². The standard InChI is InChI=1S/C18H29N3O3S2/c1-4-5-13-25-15(2)18(22)19-16-7-6-8-17(14-16)26(23,24)21-11-9-20(3)10-12-21/h6-8,14-15H,4-5,9-13H2,1-3H3,(H,19,22). The number of sulfonamides is 1. The van der Waals surface area contributed by atoms with E-state index in [9.17, 15) is 13.2 Å². The molecule has 1 aromatic rings. The van der Waals surface area contributed by atoms with Gasteiger partial charge in [-0.25, -0.2) is 8.42 Å². The summed E-state index contributed by atoms with van der Waals surface area (Å²) in [5, 5.41) is 2.67. The number of carbonyl (C=O) groups excluding carboxylic acids is 1. The fourth-order valence-corrected chi connectivity index (χ4v) is 5.12. The molecule has 0 aromatic heterocycles. The summed E-state index contributed by atoms with van der Waals surface area (Å²) in [5.74, 6) is 0.850. The van der Waals surface area contributed by atoms with Gasteiger partial charge in [0.05, 0.1) is 10.1 Å². The van der Waals surface area contributed by atoms with Crippen LogP contribution in [0.1, 0.15) is 26.7 Å². The highest BCUT2D eigenvalue weighted by atomic mass is 32.2. The predicted octanol–water partition coefficient (Wildman–Crippen LogP) is 2.48. The van der Waals surface area contributed by atoms with Crippen LogP contribution in [0.25, 0.3) is 0 Å². The minimum absolute atomic E-state index is 0.0970. The van der Waals surface area contributed by atoms with Crippen molar-refractivity contribution >= 4 is 33.4 Å². The van der Waals surface area contributed by atoms with Crippen LogP contribution in [-0.4, -0.2) is 67.8 Å². The van der Waals surface area contributed by atoms with Crippen LogP contribution in [0, 0.1) is 0 Å². The Morgan fingerprint density at radius 2 is 1.96 bits per heavy atom. The zero-order valence-electron chi connectivity index (χ0n) is 15.8. The zero-order valence-corrected chi connectivity index (χ0v) is 17.4. The lowest BCUT2D eigenvalue weighted by molar-refractivity contribution is -0.115. The van der Waals surface area contributed by atoms with Crippen molar-refractivity contribution < 1.29 is 13.2 Å². The van der Waals surface area contributed by atoms with Crippen molar-refractivity contribution in [3.8, 4) is 0 Å². The van der Waals surface area contributed by atoms with Crippen LogP contribution >= 0.6 is 11.8 Å². The molecule has 6 nitrogen and oxygen atoms in total. The number of nitrogens with one attached hydrogen (secondary N) is 1. The number of likely N-dealkylation sites (N-methyl/N-ethyl adjacent to an activating group) is 1. The third-order valence-electron chi connectivity index (χ3n) is 4.44. The molecule has 1 unspecified atom stereocenters. The molecular formula is C18H29N3O3S2. The number of anilines is 1. The quantitative estimate of drug-likeness (QED) is 0.680. The molecule has 0 spiro atoms.